The predicted octanol–water partition coefficient (Wildman–Crippen LogP) is 4.84. The number of benzene rings is 1. The molecule has 1 fully saturated rings. The molecule has 0 bridgehead atoms. The summed E-state index contributed by atoms with van der Waals surface area (Å²) < 4.78 is 41.1. The van der Waals surface area contributed by atoms with E-state index in [0.717, 1.165) is 17.5 Å². The van der Waals surface area contributed by atoms with Crippen LogP contribution in [0.4, 0.5) is 18.9 Å². The molecule has 0 aliphatic heterocycles. The molecule has 0 amide bonds. The fourth-order valence-corrected chi connectivity index (χ4v) is 4.85. The van der Waals surface area contributed by atoms with E-state index in [4.69, 9.17) is 5.73 Å². The molecule has 1 nitrogen and oxygen atoms in total. The molecule has 3 unspecified atom stereocenters. The molecule has 1 saturated carbocycles. The van der Waals surface area contributed by atoms with Crippen LogP contribution >= 0.6 is 0 Å². The molecule has 2 aliphatic rings. The maximum atomic E-state index is 13.7. The fourth-order valence-electron chi connectivity index (χ4n) is 4.85. The van der Waals surface area contributed by atoms with Gasteiger partial charge in [-0.15, -0.1) is 0 Å². The molecule has 0 heterocycles. The van der Waals surface area contributed by atoms with E-state index in [9.17, 15) is 13.2 Å². The van der Waals surface area contributed by atoms with Crippen LogP contribution in [0, 0.1) is 11.3 Å². The zero-order valence-corrected chi connectivity index (χ0v) is 12.6. The molecule has 0 spiro atoms. The van der Waals surface area contributed by atoms with Gasteiger partial charge in [0.05, 0.1) is 5.41 Å². The van der Waals surface area contributed by atoms with Gasteiger partial charge in [-0.1, -0.05) is 26.3 Å². The highest BCUT2D eigenvalue weighted by molar-refractivity contribution is 5.49. The maximum Gasteiger partial charge on any atom is 0.394 e. The van der Waals surface area contributed by atoms with Crippen molar-refractivity contribution in [2.24, 2.45) is 11.3 Å². The van der Waals surface area contributed by atoms with Crippen molar-refractivity contribution in [1.29, 1.82) is 0 Å². The van der Waals surface area contributed by atoms with Gasteiger partial charge in [0.15, 0.2) is 0 Å². The topological polar surface area (TPSA) is 26.0 Å². The molecular formula is C17H22F3N. The number of hydrogen-bond acceptors (Lipinski definition) is 1. The number of aryl methyl sites for hydroxylation is 1. The second-order valence-corrected chi connectivity index (χ2v) is 7.19. The summed E-state index contributed by atoms with van der Waals surface area (Å²) >= 11 is 0. The van der Waals surface area contributed by atoms with E-state index in [1.165, 1.54) is 6.92 Å². The molecule has 0 saturated heterocycles. The van der Waals surface area contributed by atoms with E-state index < -0.39 is 11.6 Å². The van der Waals surface area contributed by atoms with Crippen molar-refractivity contribution in [3.8, 4) is 0 Å². The van der Waals surface area contributed by atoms with Crippen LogP contribution in [0.25, 0.3) is 0 Å². The van der Waals surface area contributed by atoms with E-state index >= 15 is 0 Å². The van der Waals surface area contributed by atoms with Gasteiger partial charge in [-0.05, 0) is 60.3 Å². The van der Waals surface area contributed by atoms with Crippen molar-refractivity contribution >= 4 is 5.69 Å². The number of rotatable bonds is 0. The van der Waals surface area contributed by atoms with E-state index in [1.807, 2.05) is 25.1 Å². The Bertz CT molecular complexity index is 566. The Hall–Kier alpha value is -1.19. The van der Waals surface area contributed by atoms with Crippen LogP contribution in [0.2, 0.25) is 0 Å². The van der Waals surface area contributed by atoms with Crippen molar-refractivity contribution < 1.29 is 13.2 Å². The summed E-state index contributed by atoms with van der Waals surface area (Å²) in [7, 11) is 0. The number of halogens is 3. The Morgan fingerprint density at radius 2 is 1.90 bits per heavy atom. The molecule has 3 rings (SSSR count). The zero-order chi connectivity index (χ0) is 15.5. The second-order valence-electron chi connectivity index (χ2n) is 7.19. The standard InChI is InChI=1S/C17H22F3N/c1-15-8-3-9-16(2,17(18,19)20)14(15)7-4-11-10-12(21)5-6-13(11)15/h5-6,10,14H,3-4,7-9,21H2,1-2H3. The zero-order valence-electron chi connectivity index (χ0n) is 12.6. The number of alkyl halides is 3. The summed E-state index contributed by atoms with van der Waals surface area (Å²) in [5.74, 6) is -0.338. The van der Waals surface area contributed by atoms with E-state index in [0.29, 0.717) is 24.9 Å². The van der Waals surface area contributed by atoms with Crippen LogP contribution in [-0.2, 0) is 11.8 Å². The predicted molar refractivity (Wildman–Crippen MR) is 78.0 cm³/mol. The van der Waals surface area contributed by atoms with Crippen LogP contribution < -0.4 is 5.73 Å². The summed E-state index contributed by atoms with van der Waals surface area (Å²) in [4.78, 5) is 0. The quantitative estimate of drug-likeness (QED) is 0.681. The summed E-state index contributed by atoms with van der Waals surface area (Å²) in [5, 5.41) is 0. The fraction of sp³-hybridized carbons (Fsp3) is 0.647. The molecule has 1 aromatic carbocycles. The van der Waals surface area contributed by atoms with Crippen molar-refractivity contribution in [2.75, 3.05) is 5.73 Å². The SMILES string of the molecule is CC12CCCC(C)(C(F)(F)F)C1CCc1cc(N)ccc12. The minimum absolute atomic E-state index is 0.251. The molecule has 2 aliphatic carbocycles. The summed E-state index contributed by atoms with van der Waals surface area (Å²) in [6.07, 6.45) is -1.12. The molecule has 3 atom stereocenters. The molecule has 116 valence electrons. The Balaban J connectivity index is 2.11. The molecule has 4 heteroatoms. The van der Waals surface area contributed by atoms with E-state index in [2.05, 4.69) is 0 Å². The highest BCUT2D eigenvalue weighted by atomic mass is 19.4. The van der Waals surface area contributed by atoms with Gasteiger partial charge in [-0.3, -0.25) is 0 Å². The van der Waals surface area contributed by atoms with Crippen LogP contribution in [0.1, 0.15) is 50.7 Å². The van der Waals surface area contributed by atoms with Crippen LogP contribution in [0.5, 0.6) is 0 Å². The number of nitrogen functional groups attached to an aromatic ring is 1. The van der Waals surface area contributed by atoms with Crippen LogP contribution in [0.15, 0.2) is 18.2 Å². The average molecular weight is 297 g/mol. The van der Waals surface area contributed by atoms with E-state index in [-0.39, 0.29) is 17.8 Å². The van der Waals surface area contributed by atoms with Gasteiger partial charge < -0.3 is 5.73 Å². The van der Waals surface area contributed by atoms with Crippen molar-refractivity contribution in [2.45, 2.75) is 57.5 Å². The van der Waals surface area contributed by atoms with Crippen LogP contribution in [0.3, 0.4) is 0 Å². The number of nitrogens with two attached hydrogens (primary N) is 1. The first-order valence-corrected chi connectivity index (χ1v) is 7.64. The first-order valence-electron chi connectivity index (χ1n) is 7.64. The normalized spacial score (nSPS) is 36.0. The molecule has 0 radical (unpaired) electrons. The third kappa shape index (κ3) is 1.98. The maximum absolute atomic E-state index is 13.7. The molecule has 2 N–H and O–H groups in total. The number of hydrogen-bond donors (Lipinski definition) is 1. The highest BCUT2D eigenvalue weighted by Crippen LogP contribution is 2.62. The van der Waals surface area contributed by atoms with Crippen molar-refractivity contribution in [3.05, 3.63) is 29.3 Å². The lowest BCUT2D eigenvalue weighted by Gasteiger charge is -2.55. The smallest absolute Gasteiger partial charge is 0.394 e. The third-order valence-electron chi connectivity index (χ3n) is 6.02. The largest absolute Gasteiger partial charge is 0.399 e. The lowest BCUT2D eigenvalue weighted by molar-refractivity contribution is -0.257. The summed E-state index contributed by atoms with van der Waals surface area (Å²) in [6.45, 7) is 3.45. The number of anilines is 1. The minimum atomic E-state index is -4.13. The lowest BCUT2D eigenvalue weighted by Crippen LogP contribution is -2.55. The van der Waals surface area contributed by atoms with Gasteiger partial charge in [-0.25, -0.2) is 0 Å². The molecule has 1 aromatic rings. The molecule has 21 heavy (non-hydrogen) atoms. The van der Waals surface area contributed by atoms with E-state index in [1.54, 1.807) is 0 Å². The minimum Gasteiger partial charge on any atom is -0.399 e. The summed E-state index contributed by atoms with van der Waals surface area (Å²) in [6, 6.07) is 5.72. The summed E-state index contributed by atoms with van der Waals surface area (Å²) in [5.41, 5.74) is 6.80. The first-order chi connectivity index (χ1) is 9.68. The number of fused-ring (bicyclic) bond motifs is 3. The van der Waals surface area contributed by atoms with Gasteiger partial charge >= 0.3 is 6.18 Å². The first kappa shape index (κ1) is 14.7. The van der Waals surface area contributed by atoms with Gasteiger partial charge in [0.25, 0.3) is 0 Å². The molecular weight excluding hydrogens is 275 g/mol. The van der Waals surface area contributed by atoms with Gasteiger partial charge in [0.2, 0.25) is 0 Å². The molecule has 0 aromatic heterocycles. The van der Waals surface area contributed by atoms with Gasteiger partial charge in [0.1, 0.15) is 0 Å². The Morgan fingerprint density at radius 1 is 1.19 bits per heavy atom. The van der Waals surface area contributed by atoms with Crippen LogP contribution in [-0.4, -0.2) is 6.18 Å². The average Bonchev–Trinajstić information content (AvgIpc) is 2.36. The Labute approximate surface area is 123 Å². The van der Waals surface area contributed by atoms with Gasteiger partial charge in [0, 0.05) is 5.69 Å². The Kier molecular flexibility index (Phi) is 3.09. The lowest BCUT2D eigenvalue weighted by atomic mass is 9.49. The van der Waals surface area contributed by atoms with Gasteiger partial charge in [-0.2, -0.15) is 13.2 Å². The highest BCUT2D eigenvalue weighted by Gasteiger charge is 2.62. The van der Waals surface area contributed by atoms with Crippen molar-refractivity contribution in [3.63, 3.8) is 0 Å². The monoisotopic (exact) mass is 297 g/mol. The van der Waals surface area contributed by atoms with Crippen molar-refractivity contribution in [1.82, 2.24) is 0 Å². The second kappa shape index (κ2) is 4.40. The Morgan fingerprint density at radius 3 is 2.57 bits per heavy atom. The third-order valence-corrected chi connectivity index (χ3v) is 6.02.